The summed E-state index contributed by atoms with van der Waals surface area (Å²) >= 11 is 0. The molecule has 4 aromatic rings. The number of para-hydroxylation sites is 1. The van der Waals surface area contributed by atoms with Crippen molar-refractivity contribution in [3.05, 3.63) is 48.4 Å². The molecular formula is C24H28N8O. The fourth-order valence-electron chi connectivity index (χ4n) is 4.55. The summed E-state index contributed by atoms with van der Waals surface area (Å²) in [4.78, 5) is 22.1. The van der Waals surface area contributed by atoms with Crippen LogP contribution in [0.15, 0.2) is 42.7 Å². The molecule has 1 aromatic carbocycles. The summed E-state index contributed by atoms with van der Waals surface area (Å²) in [5, 5.41) is 12.3. The molecule has 0 spiro atoms. The Morgan fingerprint density at radius 3 is 2.67 bits per heavy atom. The molecule has 9 nitrogen and oxygen atoms in total. The summed E-state index contributed by atoms with van der Waals surface area (Å²) in [6, 6.07) is 10.7. The minimum absolute atomic E-state index is 0.132. The van der Waals surface area contributed by atoms with E-state index in [0.717, 1.165) is 56.0 Å². The first-order valence-electron chi connectivity index (χ1n) is 11.5. The number of anilines is 2. The van der Waals surface area contributed by atoms with Crippen LogP contribution < -0.4 is 15.5 Å². The highest BCUT2D eigenvalue weighted by atomic mass is 16.2. The second-order valence-electron chi connectivity index (χ2n) is 8.98. The maximum atomic E-state index is 12.8. The molecule has 33 heavy (non-hydrogen) atoms. The van der Waals surface area contributed by atoms with Crippen LogP contribution in [0, 0.1) is 0 Å². The van der Waals surface area contributed by atoms with Crippen molar-refractivity contribution in [1.29, 1.82) is 0 Å². The Hall–Kier alpha value is -3.59. The molecule has 4 heterocycles. The first-order valence-corrected chi connectivity index (χ1v) is 11.5. The molecule has 6 rings (SSSR count). The molecule has 1 saturated heterocycles. The van der Waals surface area contributed by atoms with E-state index in [2.05, 4.69) is 67.5 Å². The zero-order chi connectivity index (χ0) is 22.5. The number of nitrogens with zero attached hydrogens (tertiary/aromatic N) is 6. The summed E-state index contributed by atoms with van der Waals surface area (Å²) in [7, 11) is 4.03. The van der Waals surface area contributed by atoms with Gasteiger partial charge in [-0.25, -0.2) is 9.50 Å². The second kappa shape index (κ2) is 7.77. The number of amides is 1. The molecule has 1 saturated carbocycles. The third kappa shape index (κ3) is 3.48. The number of hydrogen-bond donors (Lipinski definition) is 2. The number of benzene rings is 1. The quantitative estimate of drug-likeness (QED) is 0.492. The third-order valence-electron chi connectivity index (χ3n) is 6.65. The molecule has 0 atom stereocenters. The van der Waals surface area contributed by atoms with Gasteiger partial charge in [0.15, 0.2) is 17.2 Å². The SMILES string of the molecule is CNc1cc(-n2cc(N3CCN(C)CC3)c3ccccc32)nn2c(C(=O)NC3CC3)cnc12. The topological polar surface area (TPSA) is 82.7 Å². The molecule has 0 bridgehead atoms. The minimum atomic E-state index is -0.132. The summed E-state index contributed by atoms with van der Waals surface area (Å²) < 4.78 is 3.77. The van der Waals surface area contributed by atoms with E-state index < -0.39 is 0 Å². The first-order chi connectivity index (χ1) is 16.1. The van der Waals surface area contributed by atoms with Crippen molar-refractivity contribution in [2.24, 2.45) is 0 Å². The standard InChI is InChI=1S/C24H28N8O/c1-25-18-13-22(28-32-20(14-26-23(18)32)24(33)27-16-7-8-16)31-15-21(17-5-3-4-6-19(17)31)30-11-9-29(2)10-12-30/h3-6,13-16,25H,7-12H2,1-2H3,(H,27,33). The Morgan fingerprint density at radius 1 is 1.12 bits per heavy atom. The second-order valence-corrected chi connectivity index (χ2v) is 8.98. The van der Waals surface area contributed by atoms with Crippen molar-refractivity contribution in [1.82, 2.24) is 29.4 Å². The van der Waals surface area contributed by atoms with Crippen LogP contribution in [0.2, 0.25) is 0 Å². The van der Waals surface area contributed by atoms with E-state index in [9.17, 15) is 4.79 Å². The van der Waals surface area contributed by atoms with Gasteiger partial charge in [-0.15, -0.1) is 5.10 Å². The zero-order valence-corrected chi connectivity index (χ0v) is 19.0. The number of aromatic nitrogens is 4. The maximum Gasteiger partial charge on any atom is 0.271 e. The number of nitrogens with one attached hydrogen (secondary N) is 2. The Morgan fingerprint density at radius 2 is 1.91 bits per heavy atom. The molecule has 0 unspecified atom stereocenters. The smallest absolute Gasteiger partial charge is 0.271 e. The predicted molar refractivity (Wildman–Crippen MR) is 130 cm³/mol. The molecule has 0 radical (unpaired) electrons. The largest absolute Gasteiger partial charge is 0.385 e. The van der Waals surface area contributed by atoms with Crippen LogP contribution in [0.4, 0.5) is 11.4 Å². The number of imidazole rings is 1. The average molecular weight is 445 g/mol. The molecule has 2 aliphatic rings. The lowest BCUT2D eigenvalue weighted by molar-refractivity contribution is 0.0944. The molecule has 2 fully saturated rings. The van der Waals surface area contributed by atoms with Gasteiger partial charge in [0.25, 0.3) is 5.91 Å². The summed E-state index contributed by atoms with van der Waals surface area (Å²) in [6.07, 6.45) is 5.85. The van der Waals surface area contributed by atoms with Crippen molar-refractivity contribution in [3.8, 4) is 5.82 Å². The molecular weight excluding hydrogens is 416 g/mol. The molecule has 1 aliphatic heterocycles. The lowest BCUT2D eigenvalue weighted by Crippen LogP contribution is -2.44. The van der Waals surface area contributed by atoms with Crippen LogP contribution in [-0.4, -0.2) is 76.3 Å². The Kier molecular flexibility index (Phi) is 4.72. The van der Waals surface area contributed by atoms with E-state index in [4.69, 9.17) is 5.10 Å². The summed E-state index contributed by atoms with van der Waals surface area (Å²) in [6.45, 7) is 4.07. The van der Waals surface area contributed by atoms with E-state index in [1.54, 1.807) is 10.7 Å². The van der Waals surface area contributed by atoms with Gasteiger partial charge in [0.1, 0.15) is 0 Å². The van der Waals surface area contributed by atoms with Gasteiger partial charge in [-0.3, -0.25) is 9.36 Å². The van der Waals surface area contributed by atoms with Gasteiger partial charge in [0.05, 0.1) is 23.1 Å². The fourth-order valence-corrected chi connectivity index (χ4v) is 4.55. The Balaban J connectivity index is 1.48. The van der Waals surface area contributed by atoms with Gasteiger partial charge >= 0.3 is 0 Å². The van der Waals surface area contributed by atoms with Crippen LogP contribution in [0.3, 0.4) is 0 Å². The number of fused-ring (bicyclic) bond motifs is 2. The van der Waals surface area contributed by atoms with Crippen molar-refractivity contribution < 1.29 is 4.79 Å². The third-order valence-corrected chi connectivity index (χ3v) is 6.65. The highest BCUT2D eigenvalue weighted by Gasteiger charge is 2.26. The van der Waals surface area contributed by atoms with Crippen molar-refractivity contribution in [3.63, 3.8) is 0 Å². The van der Waals surface area contributed by atoms with Crippen LogP contribution >= 0.6 is 0 Å². The van der Waals surface area contributed by atoms with Gasteiger partial charge in [0, 0.05) is 56.9 Å². The average Bonchev–Trinajstić information content (AvgIpc) is 3.41. The molecule has 3 aromatic heterocycles. The first kappa shape index (κ1) is 20.0. The number of likely N-dealkylation sites (N-methyl/N-ethyl adjacent to an activating group) is 1. The number of rotatable bonds is 5. The number of carbonyl (C=O) groups excluding carboxylic acids is 1. The van der Waals surface area contributed by atoms with E-state index in [1.807, 2.05) is 13.1 Å². The van der Waals surface area contributed by atoms with E-state index in [-0.39, 0.29) is 11.9 Å². The van der Waals surface area contributed by atoms with E-state index in [1.165, 1.54) is 11.1 Å². The Bertz CT molecular complexity index is 1340. The lowest BCUT2D eigenvalue weighted by atomic mass is 10.2. The molecule has 2 N–H and O–H groups in total. The van der Waals surface area contributed by atoms with Crippen molar-refractivity contribution in [2.45, 2.75) is 18.9 Å². The molecule has 170 valence electrons. The van der Waals surface area contributed by atoms with Gasteiger partial charge in [0.2, 0.25) is 0 Å². The van der Waals surface area contributed by atoms with Gasteiger partial charge < -0.3 is 20.4 Å². The maximum absolute atomic E-state index is 12.8. The normalized spacial score (nSPS) is 17.1. The molecule has 9 heteroatoms. The van der Waals surface area contributed by atoms with Gasteiger partial charge in [-0.2, -0.15) is 0 Å². The fraction of sp³-hybridized carbons (Fsp3) is 0.375. The van der Waals surface area contributed by atoms with Crippen LogP contribution in [0.25, 0.3) is 22.4 Å². The monoisotopic (exact) mass is 444 g/mol. The van der Waals surface area contributed by atoms with E-state index >= 15 is 0 Å². The van der Waals surface area contributed by atoms with Crippen LogP contribution in [0.5, 0.6) is 0 Å². The van der Waals surface area contributed by atoms with Crippen LogP contribution in [-0.2, 0) is 0 Å². The number of carbonyl (C=O) groups is 1. The van der Waals surface area contributed by atoms with Gasteiger partial charge in [-0.05, 0) is 26.0 Å². The van der Waals surface area contributed by atoms with Crippen molar-refractivity contribution in [2.75, 3.05) is 50.5 Å². The highest BCUT2D eigenvalue weighted by Crippen LogP contribution is 2.32. The highest BCUT2D eigenvalue weighted by molar-refractivity contribution is 5.96. The summed E-state index contributed by atoms with van der Waals surface area (Å²) in [5.74, 6) is 0.606. The molecule has 1 amide bonds. The van der Waals surface area contributed by atoms with Crippen LogP contribution in [0.1, 0.15) is 23.3 Å². The summed E-state index contributed by atoms with van der Waals surface area (Å²) in [5.41, 5.74) is 4.21. The lowest BCUT2D eigenvalue weighted by Gasteiger charge is -2.33. The molecule has 1 aliphatic carbocycles. The number of piperazine rings is 1. The van der Waals surface area contributed by atoms with Crippen molar-refractivity contribution >= 4 is 33.8 Å². The number of hydrogen-bond acceptors (Lipinski definition) is 6. The van der Waals surface area contributed by atoms with Gasteiger partial charge in [-0.1, -0.05) is 18.2 Å². The predicted octanol–water partition coefficient (Wildman–Crippen LogP) is 2.36. The minimum Gasteiger partial charge on any atom is -0.385 e. The Labute approximate surface area is 192 Å². The van der Waals surface area contributed by atoms with E-state index in [0.29, 0.717) is 11.3 Å². The zero-order valence-electron chi connectivity index (χ0n) is 19.0.